The lowest BCUT2D eigenvalue weighted by molar-refractivity contribution is -0.161. The van der Waals surface area contributed by atoms with Crippen molar-refractivity contribution in [2.45, 2.75) is 148 Å². The molecule has 0 aromatic heterocycles. The number of aliphatic hydroxyl groups is 1. The van der Waals surface area contributed by atoms with Crippen LogP contribution < -0.4 is 0 Å². The van der Waals surface area contributed by atoms with Crippen molar-refractivity contribution < 1.29 is 24.2 Å². The minimum atomic E-state index is -0.817. The SMILES string of the molecule is CCCCCC=CCC=CCC=CCC=CCCCC(=O)OC[C@H](CO)OC(=O)CCCCC=CCC=CCC=CCCCCC. The molecule has 0 radical (unpaired) electrons. The summed E-state index contributed by atoms with van der Waals surface area (Å²) in [6, 6.07) is 0. The summed E-state index contributed by atoms with van der Waals surface area (Å²) in [5.41, 5.74) is 0. The van der Waals surface area contributed by atoms with Crippen LogP contribution in [0.25, 0.3) is 0 Å². The zero-order valence-corrected chi connectivity index (χ0v) is 29.3. The van der Waals surface area contributed by atoms with Crippen LogP contribution in [0.3, 0.4) is 0 Å². The second-order valence-corrected chi connectivity index (χ2v) is 11.6. The number of hydrogen-bond donors (Lipinski definition) is 1. The number of unbranched alkanes of at least 4 members (excludes halogenated alkanes) is 9. The molecule has 0 saturated heterocycles. The molecule has 0 aliphatic heterocycles. The van der Waals surface area contributed by atoms with Crippen LogP contribution in [0.2, 0.25) is 0 Å². The van der Waals surface area contributed by atoms with Crippen molar-refractivity contribution in [3.05, 3.63) is 85.1 Å². The van der Waals surface area contributed by atoms with Gasteiger partial charge in [0.2, 0.25) is 0 Å². The summed E-state index contributed by atoms with van der Waals surface area (Å²) in [6.07, 6.45) is 49.2. The van der Waals surface area contributed by atoms with Crippen LogP contribution >= 0.6 is 0 Å². The smallest absolute Gasteiger partial charge is 0.306 e. The van der Waals surface area contributed by atoms with E-state index in [1.54, 1.807) is 0 Å². The molecule has 0 aromatic carbocycles. The second kappa shape index (κ2) is 36.5. The van der Waals surface area contributed by atoms with Crippen molar-refractivity contribution in [2.75, 3.05) is 13.2 Å². The first-order valence-corrected chi connectivity index (χ1v) is 18.1. The molecule has 0 heterocycles. The van der Waals surface area contributed by atoms with E-state index in [1.165, 1.54) is 51.4 Å². The van der Waals surface area contributed by atoms with E-state index >= 15 is 0 Å². The van der Waals surface area contributed by atoms with Crippen molar-refractivity contribution >= 4 is 11.9 Å². The lowest BCUT2D eigenvalue weighted by Crippen LogP contribution is -2.28. The van der Waals surface area contributed by atoms with E-state index in [2.05, 4.69) is 98.9 Å². The van der Waals surface area contributed by atoms with Gasteiger partial charge in [0.25, 0.3) is 0 Å². The lowest BCUT2D eigenvalue weighted by Gasteiger charge is -2.15. The molecule has 0 spiro atoms. The lowest BCUT2D eigenvalue weighted by atomic mass is 10.1. The van der Waals surface area contributed by atoms with Crippen LogP contribution in [0.1, 0.15) is 142 Å². The minimum Gasteiger partial charge on any atom is -0.462 e. The van der Waals surface area contributed by atoms with E-state index in [4.69, 9.17) is 9.47 Å². The third-order valence-electron chi connectivity index (χ3n) is 7.16. The highest BCUT2D eigenvalue weighted by molar-refractivity contribution is 5.70. The summed E-state index contributed by atoms with van der Waals surface area (Å²) in [4.78, 5) is 24.1. The topological polar surface area (TPSA) is 72.8 Å². The summed E-state index contributed by atoms with van der Waals surface area (Å²) in [5, 5.41) is 9.52. The molecule has 0 fully saturated rings. The molecule has 0 aliphatic carbocycles. The average Bonchev–Trinajstić information content (AvgIpc) is 3.06. The normalized spacial score (nSPS) is 13.2. The van der Waals surface area contributed by atoms with Gasteiger partial charge in [-0.2, -0.15) is 0 Å². The number of ether oxygens (including phenoxy) is 2. The first-order chi connectivity index (χ1) is 22.6. The van der Waals surface area contributed by atoms with Crippen LogP contribution in [0.15, 0.2) is 85.1 Å². The molecule has 0 bridgehead atoms. The van der Waals surface area contributed by atoms with Gasteiger partial charge in [0.05, 0.1) is 6.61 Å². The van der Waals surface area contributed by atoms with Gasteiger partial charge in [-0.25, -0.2) is 0 Å². The number of carbonyl (C=O) groups is 2. The van der Waals surface area contributed by atoms with E-state index < -0.39 is 6.10 Å². The van der Waals surface area contributed by atoms with Gasteiger partial charge >= 0.3 is 11.9 Å². The van der Waals surface area contributed by atoms with Gasteiger partial charge in [-0.15, -0.1) is 0 Å². The summed E-state index contributed by atoms with van der Waals surface area (Å²) in [5.74, 6) is -0.712. The minimum absolute atomic E-state index is 0.115. The number of esters is 2. The predicted molar refractivity (Wildman–Crippen MR) is 196 cm³/mol. The van der Waals surface area contributed by atoms with Gasteiger partial charge < -0.3 is 14.6 Å². The summed E-state index contributed by atoms with van der Waals surface area (Å²) < 4.78 is 10.5. The van der Waals surface area contributed by atoms with E-state index in [-0.39, 0.29) is 31.6 Å². The van der Waals surface area contributed by atoms with E-state index in [1.807, 2.05) is 0 Å². The number of allylic oxidation sites excluding steroid dienone is 14. The highest BCUT2D eigenvalue weighted by Crippen LogP contribution is 2.07. The molecular weight excluding hydrogens is 572 g/mol. The quantitative estimate of drug-likeness (QED) is 0.0465. The Kier molecular flexibility index (Phi) is 34.2. The van der Waals surface area contributed by atoms with Crippen molar-refractivity contribution in [2.24, 2.45) is 0 Å². The Labute approximate surface area is 282 Å². The van der Waals surface area contributed by atoms with Crippen molar-refractivity contribution in [1.29, 1.82) is 0 Å². The maximum absolute atomic E-state index is 12.1. The monoisotopic (exact) mass is 638 g/mol. The summed E-state index contributed by atoms with van der Waals surface area (Å²) >= 11 is 0. The van der Waals surface area contributed by atoms with E-state index in [0.717, 1.165) is 57.8 Å². The Morgan fingerprint density at radius 2 is 0.870 bits per heavy atom. The molecule has 0 saturated carbocycles. The van der Waals surface area contributed by atoms with E-state index in [9.17, 15) is 14.7 Å². The first-order valence-electron chi connectivity index (χ1n) is 18.1. The molecule has 5 nitrogen and oxygen atoms in total. The Hall–Kier alpha value is -2.92. The summed E-state index contributed by atoms with van der Waals surface area (Å²) in [6.45, 7) is 3.97. The van der Waals surface area contributed by atoms with Gasteiger partial charge in [-0.1, -0.05) is 125 Å². The fourth-order valence-corrected chi connectivity index (χ4v) is 4.37. The largest absolute Gasteiger partial charge is 0.462 e. The highest BCUT2D eigenvalue weighted by atomic mass is 16.6. The van der Waals surface area contributed by atoms with Gasteiger partial charge in [-0.3, -0.25) is 9.59 Å². The van der Waals surface area contributed by atoms with Gasteiger partial charge in [0.1, 0.15) is 6.61 Å². The van der Waals surface area contributed by atoms with Crippen molar-refractivity contribution in [3.8, 4) is 0 Å². The maximum atomic E-state index is 12.1. The second-order valence-electron chi connectivity index (χ2n) is 11.6. The van der Waals surface area contributed by atoms with Crippen LogP contribution in [0, 0.1) is 0 Å². The molecule has 0 rings (SSSR count). The van der Waals surface area contributed by atoms with Crippen LogP contribution in [-0.4, -0.2) is 36.4 Å². The number of aliphatic hydroxyl groups excluding tert-OH is 1. The van der Waals surface area contributed by atoms with Crippen molar-refractivity contribution in [3.63, 3.8) is 0 Å². The number of carbonyl (C=O) groups excluding carboxylic acids is 2. The van der Waals surface area contributed by atoms with Crippen LogP contribution in [-0.2, 0) is 19.1 Å². The fourth-order valence-electron chi connectivity index (χ4n) is 4.37. The predicted octanol–water partition coefficient (Wildman–Crippen LogP) is 11.2. The molecular formula is C41H66O5. The van der Waals surface area contributed by atoms with Gasteiger partial charge in [-0.05, 0) is 89.9 Å². The molecule has 1 N–H and O–H groups in total. The Morgan fingerprint density at radius 3 is 1.28 bits per heavy atom. The van der Waals surface area contributed by atoms with E-state index in [0.29, 0.717) is 12.8 Å². The third-order valence-corrected chi connectivity index (χ3v) is 7.16. The van der Waals surface area contributed by atoms with Crippen LogP contribution in [0.4, 0.5) is 0 Å². The number of hydrogen-bond acceptors (Lipinski definition) is 5. The molecule has 0 aliphatic rings. The zero-order valence-electron chi connectivity index (χ0n) is 29.3. The maximum Gasteiger partial charge on any atom is 0.306 e. The molecule has 46 heavy (non-hydrogen) atoms. The molecule has 0 aromatic rings. The first kappa shape index (κ1) is 43.1. The molecule has 1 atom stereocenters. The van der Waals surface area contributed by atoms with Crippen LogP contribution in [0.5, 0.6) is 0 Å². The molecule has 260 valence electrons. The Bertz CT molecular complexity index is 906. The van der Waals surface area contributed by atoms with Crippen molar-refractivity contribution in [1.82, 2.24) is 0 Å². The Balaban J connectivity index is 3.78. The van der Waals surface area contributed by atoms with Gasteiger partial charge in [0.15, 0.2) is 6.10 Å². The standard InChI is InChI=1S/C41H66O5/c1-3-5-7-9-11-13-15-17-19-20-22-23-25-27-29-31-33-35-40(43)45-38-39(37-42)46-41(44)36-34-32-30-28-26-24-21-18-16-14-12-10-8-6-4-2/h11-14,17-19,21-23,26-29,39,42H,3-10,15-16,20,24-25,30-38H2,1-2H3/t39-/m0/s1. The van der Waals surface area contributed by atoms with Gasteiger partial charge in [0, 0.05) is 12.8 Å². The Morgan fingerprint density at radius 1 is 0.500 bits per heavy atom. The zero-order chi connectivity index (χ0) is 33.6. The fraction of sp³-hybridized carbons (Fsp3) is 0.610. The highest BCUT2D eigenvalue weighted by Gasteiger charge is 2.15. The summed E-state index contributed by atoms with van der Waals surface area (Å²) in [7, 11) is 0. The molecule has 0 unspecified atom stereocenters. The molecule has 5 heteroatoms. The third kappa shape index (κ3) is 34.0. The average molecular weight is 639 g/mol. The molecule has 0 amide bonds. The number of rotatable bonds is 31.